The quantitative estimate of drug-likeness (QED) is 0.268. The molecule has 0 radical (unpaired) electrons. The number of aromatic nitrogens is 2. The summed E-state index contributed by atoms with van der Waals surface area (Å²) in [6.45, 7) is 2.88. The van der Waals surface area contributed by atoms with Gasteiger partial charge in [-0.25, -0.2) is 9.59 Å². The predicted octanol–water partition coefficient (Wildman–Crippen LogP) is 5.85. The van der Waals surface area contributed by atoms with E-state index in [9.17, 15) is 14.7 Å². The van der Waals surface area contributed by atoms with Crippen LogP contribution < -0.4 is 5.69 Å². The zero-order chi connectivity index (χ0) is 25.9. The van der Waals surface area contributed by atoms with Gasteiger partial charge in [0.15, 0.2) is 0 Å². The van der Waals surface area contributed by atoms with Gasteiger partial charge >= 0.3 is 11.7 Å². The first-order valence-electron chi connectivity index (χ1n) is 12.1. The minimum absolute atomic E-state index is 0.155. The highest BCUT2D eigenvalue weighted by atomic mass is 32.1. The summed E-state index contributed by atoms with van der Waals surface area (Å²) in [5.74, 6) is -1.21. The summed E-state index contributed by atoms with van der Waals surface area (Å²) in [4.78, 5) is 27.6. The van der Waals surface area contributed by atoms with Crippen molar-refractivity contribution in [2.45, 2.75) is 26.0 Å². The molecule has 1 aliphatic rings. The minimum Gasteiger partial charge on any atom is -0.478 e. The molecule has 1 heterocycles. The third-order valence-electron chi connectivity index (χ3n) is 6.53. The third-order valence-corrected chi connectivity index (χ3v) is 6.87. The van der Waals surface area contributed by atoms with Crippen LogP contribution >= 0.6 is 12.2 Å². The third kappa shape index (κ3) is 5.09. The highest BCUT2D eigenvalue weighted by molar-refractivity contribution is 7.71. The highest BCUT2D eigenvalue weighted by Crippen LogP contribution is 2.39. The second kappa shape index (κ2) is 10.5. The number of hydrogen-bond acceptors (Lipinski definition) is 4. The molecule has 37 heavy (non-hydrogen) atoms. The van der Waals surface area contributed by atoms with Gasteiger partial charge in [-0.05, 0) is 52.4 Å². The van der Waals surface area contributed by atoms with Gasteiger partial charge in [0.25, 0.3) is 0 Å². The van der Waals surface area contributed by atoms with E-state index in [1.54, 1.807) is 22.9 Å². The number of H-pyrrole nitrogens is 1. The average molecular weight is 511 g/mol. The van der Waals surface area contributed by atoms with Crippen molar-refractivity contribution in [1.82, 2.24) is 9.55 Å². The normalized spacial score (nSPS) is 12.6. The van der Waals surface area contributed by atoms with Crippen molar-refractivity contribution in [3.05, 3.63) is 133 Å². The predicted molar refractivity (Wildman–Crippen MR) is 146 cm³/mol. The first kappa shape index (κ1) is 24.6. The van der Waals surface area contributed by atoms with Crippen molar-refractivity contribution in [2.75, 3.05) is 6.61 Å². The molecule has 0 aliphatic heterocycles. The summed E-state index contributed by atoms with van der Waals surface area (Å²) in [5.41, 5.74) is 6.41. The SMILES string of the molecule is CCOCc1cc(Cn2cc(C3c4ccccc4C=Cc4ccccc43)c(=S)[nH]c2=O)cc(C(=O)O)c1. The van der Waals surface area contributed by atoms with Crippen molar-refractivity contribution >= 4 is 30.3 Å². The maximum atomic E-state index is 13.0. The van der Waals surface area contributed by atoms with Crippen LogP contribution in [0.4, 0.5) is 0 Å². The standard InChI is InChI=1S/C30H26N2O4S/c1-2-36-18-20-13-19(14-23(15-20)29(33)34)16-32-17-26(28(37)31-30(32)35)27-24-9-5-3-7-21(24)11-12-22-8-4-6-10-25(22)27/h3-15,17,27H,2,16,18H2,1H3,(H,33,34)(H,31,35,37). The number of nitrogens with one attached hydrogen (secondary N) is 1. The Hall–Kier alpha value is -4.07. The van der Waals surface area contributed by atoms with Crippen molar-refractivity contribution in [2.24, 2.45) is 0 Å². The molecule has 6 nitrogen and oxygen atoms in total. The topological polar surface area (TPSA) is 84.3 Å². The number of fused-ring (bicyclic) bond motifs is 2. The van der Waals surface area contributed by atoms with Crippen LogP contribution in [0.3, 0.4) is 0 Å². The molecule has 5 rings (SSSR count). The molecule has 0 saturated carbocycles. The Balaban J connectivity index is 1.63. The van der Waals surface area contributed by atoms with Gasteiger partial charge in [0, 0.05) is 24.3 Å². The summed E-state index contributed by atoms with van der Waals surface area (Å²) in [5, 5.41) is 9.61. The maximum absolute atomic E-state index is 13.0. The van der Waals surface area contributed by atoms with E-state index in [0.29, 0.717) is 23.4 Å². The Morgan fingerprint density at radius 3 is 2.22 bits per heavy atom. The van der Waals surface area contributed by atoms with Gasteiger partial charge in [-0.15, -0.1) is 0 Å². The maximum Gasteiger partial charge on any atom is 0.335 e. The fourth-order valence-corrected chi connectivity index (χ4v) is 5.12. The van der Waals surface area contributed by atoms with Gasteiger partial charge in [-0.3, -0.25) is 9.55 Å². The summed E-state index contributed by atoms with van der Waals surface area (Å²) >= 11 is 5.69. The smallest absolute Gasteiger partial charge is 0.335 e. The Morgan fingerprint density at radius 1 is 0.973 bits per heavy atom. The van der Waals surface area contributed by atoms with Crippen LogP contribution in [-0.2, 0) is 17.9 Å². The number of hydrogen-bond donors (Lipinski definition) is 2. The first-order chi connectivity index (χ1) is 17.9. The zero-order valence-electron chi connectivity index (χ0n) is 20.3. The summed E-state index contributed by atoms with van der Waals surface area (Å²) < 4.78 is 7.43. The molecule has 0 atom stereocenters. The number of benzene rings is 3. The Morgan fingerprint density at radius 2 is 1.59 bits per heavy atom. The molecule has 7 heteroatoms. The molecular weight excluding hydrogens is 484 g/mol. The number of aromatic amines is 1. The largest absolute Gasteiger partial charge is 0.478 e. The Labute approximate surface area is 219 Å². The fraction of sp³-hybridized carbons (Fsp3) is 0.167. The molecule has 0 amide bonds. The summed E-state index contributed by atoms with van der Waals surface area (Å²) in [6.07, 6.45) is 6.02. The molecule has 0 fully saturated rings. The average Bonchev–Trinajstić information content (AvgIpc) is 3.06. The van der Waals surface area contributed by atoms with E-state index in [0.717, 1.165) is 33.4 Å². The molecular formula is C30H26N2O4S. The van der Waals surface area contributed by atoms with E-state index in [1.807, 2.05) is 37.3 Å². The van der Waals surface area contributed by atoms with Crippen LogP contribution in [0.1, 0.15) is 62.1 Å². The first-order valence-corrected chi connectivity index (χ1v) is 12.5. The summed E-state index contributed by atoms with van der Waals surface area (Å²) in [7, 11) is 0. The summed E-state index contributed by atoms with van der Waals surface area (Å²) in [6, 6.07) is 21.4. The van der Waals surface area contributed by atoms with Gasteiger partial charge in [0.2, 0.25) is 0 Å². The van der Waals surface area contributed by atoms with E-state index in [1.165, 1.54) is 0 Å². The molecule has 0 saturated heterocycles. The van der Waals surface area contributed by atoms with Crippen LogP contribution in [0.15, 0.2) is 77.7 Å². The monoisotopic (exact) mass is 510 g/mol. The number of carboxylic acid groups (broad SMARTS) is 1. The van der Waals surface area contributed by atoms with Crippen molar-refractivity contribution in [1.29, 1.82) is 0 Å². The second-order valence-corrected chi connectivity index (χ2v) is 9.38. The number of nitrogens with zero attached hydrogens (tertiary/aromatic N) is 1. The van der Waals surface area contributed by atoms with Crippen LogP contribution in [0, 0.1) is 4.64 Å². The van der Waals surface area contributed by atoms with Gasteiger partial charge in [0.1, 0.15) is 4.64 Å². The van der Waals surface area contributed by atoms with Crippen molar-refractivity contribution < 1.29 is 14.6 Å². The fourth-order valence-electron chi connectivity index (χ4n) is 4.86. The second-order valence-electron chi connectivity index (χ2n) is 8.98. The Kier molecular flexibility index (Phi) is 6.99. The number of aromatic carboxylic acids is 1. The lowest BCUT2D eigenvalue weighted by Crippen LogP contribution is -2.25. The van der Waals surface area contributed by atoms with Gasteiger partial charge < -0.3 is 9.84 Å². The zero-order valence-corrected chi connectivity index (χ0v) is 21.1. The van der Waals surface area contributed by atoms with Gasteiger partial charge in [-0.1, -0.05) is 79.0 Å². The van der Waals surface area contributed by atoms with E-state index >= 15 is 0 Å². The number of ether oxygens (including phenoxy) is 1. The lowest BCUT2D eigenvalue weighted by Gasteiger charge is -2.22. The lowest BCUT2D eigenvalue weighted by atomic mass is 9.83. The number of carbonyl (C=O) groups is 1. The van der Waals surface area contributed by atoms with E-state index < -0.39 is 5.97 Å². The van der Waals surface area contributed by atoms with Crippen molar-refractivity contribution in [3.8, 4) is 0 Å². The molecule has 1 aromatic heterocycles. The van der Waals surface area contributed by atoms with E-state index in [2.05, 4.69) is 41.4 Å². The molecule has 0 spiro atoms. The molecule has 0 unspecified atom stereocenters. The van der Waals surface area contributed by atoms with Crippen LogP contribution in [-0.4, -0.2) is 27.2 Å². The van der Waals surface area contributed by atoms with Crippen molar-refractivity contribution in [3.63, 3.8) is 0 Å². The van der Waals surface area contributed by atoms with Gasteiger partial charge in [-0.2, -0.15) is 0 Å². The highest BCUT2D eigenvalue weighted by Gasteiger charge is 2.25. The van der Waals surface area contributed by atoms with Crippen LogP contribution in [0.2, 0.25) is 0 Å². The van der Waals surface area contributed by atoms with E-state index in [4.69, 9.17) is 17.0 Å². The number of carboxylic acids is 1. The van der Waals surface area contributed by atoms with Crippen LogP contribution in [0.25, 0.3) is 12.2 Å². The molecule has 1 aliphatic carbocycles. The Bertz CT molecular complexity index is 1580. The molecule has 186 valence electrons. The van der Waals surface area contributed by atoms with Gasteiger partial charge in [0.05, 0.1) is 18.7 Å². The lowest BCUT2D eigenvalue weighted by molar-refractivity contribution is 0.0696. The van der Waals surface area contributed by atoms with E-state index in [-0.39, 0.29) is 23.7 Å². The molecule has 2 N–H and O–H groups in total. The molecule has 0 bridgehead atoms. The molecule has 3 aromatic carbocycles. The van der Waals surface area contributed by atoms with Crippen LogP contribution in [0.5, 0.6) is 0 Å². The number of rotatable bonds is 7. The minimum atomic E-state index is -1.03. The molecule has 4 aromatic rings.